The van der Waals surface area contributed by atoms with Crippen molar-refractivity contribution >= 4 is 45.6 Å². The molecule has 0 radical (unpaired) electrons. The van der Waals surface area contributed by atoms with Crippen LogP contribution in [-0.2, 0) is 14.8 Å². The third kappa shape index (κ3) is 4.06. The fourth-order valence-corrected chi connectivity index (χ4v) is 4.56. The van der Waals surface area contributed by atoms with Gasteiger partial charge in [0.1, 0.15) is 0 Å². The standard InChI is InChI=1S/C13H18Cl2N2O3S.ClH/c1-20-10-4-5-17(9(6-10)8-16)21(18,19)11-2-3-12(14)13(15)7-11;/h2-3,7,9-10H,4-6,8,16H2,1H3;1H. The highest BCUT2D eigenvalue weighted by Gasteiger charge is 2.36. The second kappa shape index (κ2) is 8.15. The fourth-order valence-electron chi connectivity index (χ4n) is 2.51. The smallest absolute Gasteiger partial charge is 0.243 e. The van der Waals surface area contributed by atoms with Gasteiger partial charge in [-0.05, 0) is 31.0 Å². The van der Waals surface area contributed by atoms with E-state index in [1.165, 1.54) is 22.5 Å². The number of halogens is 3. The predicted molar refractivity (Wildman–Crippen MR) is 90.5 cm³/mol. The normalized spacial score (nSPS) is 23.1. The van der Waals surface area contributed by atoms with Crippen molar-refractivity contribution in [3.05, 3.63) is 28.2 Å². The lowest BCUT2D eigenvalue weighted by molar-refractivity contribution is 0.0401. The number of sulfonamides is 1. The average molecular weight is 390 g/mol. The van der Waals surface area contributed by atoms with Gasteiger partial charge in [-0.25, -0.2) is 8.42 Å². The number of hydrogen-bond acceptors (Lipinski definition) is 4. The number of benzene rings is 1. The van der Waals surface area contributed by atoms with Gasteiger partial charge >= 0.3 is 0 Å². The van der Waals surface area contributed by atoms with Crippen LogP contribution in [0.3, 0.4) is 0 Å². The monoisotopic (exact) mass is 388 g/mol. The van der Waals surface area contributed by atoms with Crippen LogP contribution in [0.1, 0.15) is 12.8 Å². The molecule has 1 aromatic carbocycles. The molecule has 22 heavy (non-hydrogen) atoms. The fraction of sp³-hybridized carbons (Fsp3) is 0.538. The summed E-state index contributed by atoms with van der Waals surface area (Å²) in [6.07, 6.45) is 1.28. The number of nitrogens with two attached hydrogens (primary N) is 1. The highest BCUT2D eigenvalue weighted by Crippen LogP contribution is 2.30. The van der Waals surface area contributed by atoms with E-state index in [1.54, 1.807) is 7.11 Å². The maximum atomic E-state index is 12.7. The molecule has 0 aromatic heterocycles. The topological polar surface area (TPSA) is 72.6 Å². The molecular weight excluding hydrogens is 371 g/mol. The Morgan fingerprint density at radius 3 is 2.59 bits per heavy atom. The maximum Gasteiger partial charge on any atom is 0.243 e. The van der Waals surface area contributed by atoms with E-state index in [2.05, 4.69) is 0 Å². The van der Waals surface area contributed by atoms with Gasteiger partial charge in [-0.1, -0.05) is 23.2 Å². The van der Waals surface area contributed by atoms with E-state index in [0.717, 1.165) is 0 Å². The summed E-state index contributed by atoms with van der Waals surface area (Å²) < 4.78 is 32.2. The molecule has 2 atom stereocenters. The van der Waals surface area contributed by atoms with Gasteiger partial charge in [-0.15, -0.1) is 12.4 Å². The summed E-state index contributed by atoms with van der Waals surface area (Å²) >= 11 is 11.7. The van der Waals surface area contributed by atoms with Crippen molar-refractivity contribution in [1.29, 1.82) is 0 Å². The molecule has 2 rings (SSSR count). The minimum Gasteiger partial charge on any atom is -0.381 e. The van der Waals surface area contributed by atoms with Crippen LogP contribution in [0, 0.1) is 0 Å². The molecule has 1 aromatic rings. The van der Waals surface area contributed by atoms with Gasteiger partial charge in [-0.2, -0.15) is 4.31 Å². The van der Waals surface area contributed by atoms with E-state index in [-0.39, 0.29) is 41.0 Å². The lowest BCUT2D eigenvalue weighted by Crippen LogP contribution is -2.51. The number of methoxy groups -OCH3 is 1. The van der Waals surface area contributed by atoms with E-state index in [4.69, 9.17) is 33.7 Å². The number of hydrogen-bond donors (Lipinski definition) is 1. The van der Waals surface area contributed by atoms with Crippen molar-refractivity contribution in [2.45, 2.75) is 29.9 Å². The zero-order chi connectivity index (χ0) is 15.6. The van der Waals surface area contributed by atoms with E-state index in [1.807, 2.05) is 0 Å². The highest BCUT2D eigenvalue weighted by atomic mass is 35.5. The van der Waals surface area contributed by atoms with Gasteiger partial charge < -0.3 is 10.5 Å². The summed E-state index contributed by atoms with van der Waals surface area (Å²) in [7, 11) is -2.01. The Bertz CT molecular complexity index is 613. The zero-order valence-electron chi connectivity index (χ0n) is 12.0. The van der Waals surface area contributed by atoms with Crippen molar-refractivity contribution in [2.75, 3.05) is 20.2 Å². The summed E-state index contributed by atoms with van der Waals surface area (Å²) in [5.41, 5.74) is 5.73. The average Bonchev–Trinajstić information content (AvgIpc) is 2.49. The van der Waals surface area contributed by atoms with Gasteiger partial charge in [0, 0.05) is 26.2 Å². The van der Waals surface area contributed by atoms with Crippen molar-refractivity contribution < 1.29 is 13.2 Å². The number of piperidine rings is 1. The van der Waals surface area contributed by atoms with Gasteiger partial charge in [0.25, 0.3) is 0 Å². The Kier molecular flexibility index (Phi) is 7.39. The minimum atomic E-state index is -3.64. The van der Waals surface area contributed by atoms with Crippen molar-refractivity contribution in [3.63, 3.8) is 0 Å². The van der Waals surface area contributed by atoms with Crippen LogP contribution in [0.4, 0.5) is 0 Å². The molecule has 1 aliphatic rings. The van der Waals surface area contributed by atoms with Gasteiger partial charge in [0.15, 0.2) is 0 Å². The minimum absolute atomic E-state index is 0. The van der Waals surface area contributed by atoms with Crippen LogP contribution in [-0.4, -0.2) is 45.1 Å². The van der Waals surface area contributed by atoms with Gasteiger partial charge in [0.2, 0.25) is 10.0 Å². The second-order valence-electron chi connectivity index (χ2n) is 4.96. The van der Waals surface area contributed by atoms with Crippen molar-refractivity contribution in [1.82, 2.24) is 4.31 Å². The lowest BCUT2D eigenvalue weighted by Gasteiger charge is -2.37. The maximum absolute atomic E-state index is 12.7. The molecule has 2 N–H and O–H groups in total. The molecule has 0 bridgehead atoms. The van der Waals surface area contributed by atoms with Crippen LogP contribution < -0.4 is 5.73 Å². The summed E-state index contributed by atoms with van der Waals surface area (Å²) in [6.45, 7) is 0.628. The second-order valence-corrected chi connectivity index (χ2v) is 7.67. The highest BCUT2D eigenvalue weighted by molar-refractivity contribution is 7.89. The predicted octanol–water partition coefficient (Wildman–Crippen LogP) is 2.54. The first-order valence-corrected chi connectivity index (χ1v) is 8.79. The summed E-state index contributed by atoms with van der Waals surface area (Å²) in [6, 6.07) is 4.04. The molecular formula is C13H19Cl3N2O3S. The first-order valence-electron chi connectivity index (χ1n) is 6.60. The number of rotatable bonds is 4. The summed E-state index contributed by atoms with van der Waals surface area (Å²) in [5.74, 6) is 0. The number of nitrogens with zero attached hydrogens (tertiary/aromatic N) is 1. The third-order valence-corrected chi connectivity index (χ3v) is 6.40. The van der Waals surface area contributed by atoms with Gasteiger partial charge in [-0.3, -0.25) is 0 Å². The van der Waals surface area contributed by atoms with E-state index < -0.39 is 10.0 Å². The van der Waals surface area contributed by atoms with Gasteiger partial charge in [0.05, 0.1) is 21.0 Å². The van der Waals surface area contributed by atoms with Crippen LogP contribution in [0.5, 0.6) is 0 Å². The molecule has 1 aliphatic heterocycles. The molecule has 0 amide bonds. The van der Waals surface area contributed by atoms with Crippen LogP contribution in [0.2, 0.25) is 10.0 Å². The summed E-state index contributed by atoms with van der Waals surface area (Å²) in [5, 5.41) is 0.540. The number of ether oxygens (including phenoxy) is 1. The van der Waals surface area contributed by atoms with Crippen molar-refractivity contribution in [2.24, 2.45) is 5.73 Å². The summed E-state index contributed by atoms with van der Waals surface area (Å²) in [4.78, 5) is 0.131. The Morgan fingerprint density at radius 1 is 1.36 bits per heavy atom. The van der Waals surface area contributed by atoms with E-state index in [9.17, 15) is 8.42 Å². The molecule has 0 spiro atoms. The molecule has 1 heterocycles. The van der Waals surface area contributed by atoms with Crippen LogP contribution in [0.25, 0.3) is 0 Å². The van der Waals surface area contributed by atoms with Crippen molar-refractivity contribution in [3.8, 4) is 0 Å². The van der Waals surface area contributed by atoms with Crippen LogP contribution >= 0.6 is 35.6 Å². The molecule has 1 saturated heterocycles. The van der Waals surface area contributed by atoms with Crippen LogP contribution in [0.15, 0.2) is 23.1 Å². The molecule has 9 heteroatoms. The SMILES string of the molecule is COC1CCN(S(=O)(=O)c2ccc(Cl)c(Cl)c2)C(CN)C1.Cl. The quantitative estimate of drug-likeness (QED) is 0.859. The Labute approximate surface area is 147 Å². The Morgan fingerprint density at radius 2 is 2.05 bits per heavy atom. The molecule has 126 valence electrons. The largest absolute Gasteiger partial charge is 0.381 e. The molecule has 1 fully saturated rings. The zero-order valence-corrected chi connectivity index (χ0v) is 15.2. The molecule has 5 nitrogen and oxygen atoms in total. The first-order chi connectivity index (χ1) is 9.90. The third-order valence-electron chi connectivity index (χ3n) is 3.72. The molecule has 0 aliphatic carbocycles. The van der Waals surface area contributed by atoms with E-state index >= 15 is 0 Å². The molecule has 2 unspecified atom stereocenters. The first kappa shape index (κ1) is 20.0. The Hall–Kier alpha value is -0.0800. The molecule has 0 saturated carbocycles. The van der Waals surface area contributed by atoms with E-state index in [0.29, 0.717) is 24.4 Å². The lowest BCUT2D eigenvalue weighted by atomic mass is 10.0. The Balaban J connectivity index is 0.00000242.